The zero-order valence-corrected chi connectivity index (χ0v) is 24.5. The number of benzene rings is 2. The van der Waals surface area contributed by atoms with Crippen molar-refractivity contribution in [3.63, 3.8) is 0 Å². The molecule has 3 aromatic heterocycles. The number of para-hydroxylation sites is 1. The highest BCUT2D eigenvalue weighted by Crippen LogP contribution is 2.56. The second-order valence-electron chi connectivity index (χ2n) is 10.7. The molecule has 10 nitrogen and oxygen atoms in total. The lowest BCUT2D eigenvalue weighted by atomic mass is 10.0. The molecule has 1 saturated carbocycles. The minimum absolute atomic E-state index is 0.0360. The van der Waals surface area contributed by atoms with Crippen LogP contribution in [0.5, 0.6) is 0 Å². The van der Waals surface area contributed by atoms with Crippen LogP contribution in [0.3, 0.4) is 0 Å². The smallest absolute Gasteiger partial charge is 0.478 e. The Balaban J connectivity index is 0.000000480. The molecule has 2 unspecified atom stereocenters. The third-order valence-corrected chi connectivity index (χ3v) is 7.96. The summed E-state index contributed by atoms with van der Waals surface area (Å²) in [6, 6.07) is 18.0. The Bertz CT molecular complexity index is 1980. The largest absolute Gasteiger partial charge is 0.490 e. The maximum atomic E-state index is 14.9. The van der Waals surface area contributed by atoms with E-state index in [9.17, 15) is 27.5 Å². The predicted octanol–water partition coefficient (Wildman–Crippen LogP) is 6.18. The zero-order valence-electron chi connectivity index (χ0n) is 23.7. The molecule has 2 aliphatic rings. The summed E-state index contributed by atoms with van der Waals surface area (Å²) >= 11 is 6.51. The van der Waals surface area contributed by atoms with Gasteiger partial charge in [-0.15, -0.1) is 0 Å². The normalized spacial score (nSPS) is 17.9. The molecule has 0 amide bonds. The van der Waals surface area contributed by atoms with Crippen molar-refractivity contribution in [1.82, 2.24) is 19.6 Å². The van der Waals surface area contributed by atoms with E-state index in [1.54, 1.807) is 16.6 Å². The van der Waals surface area contributed by atoms with Gasteiger partial charge in [0.25, 0.3) is 0 Å². The Hall–Kier alpha value is -4.82. The second-order valence-corrected chi connectivity index (χ2v) is 11.1. The van der Waals surface area contributed by atoms with Crippen LogP contribution in [0.25, 0.3) is 27.8 Å². The van der Waals surface area contributed by atoms with Crippen molar-refractivity contribution >= 4 is 45.8 Å². The van der Waals surface area contributed by atoms with Gasteiger partial charge in [0, 0.05) is 47.6 Å². The van der Waals surface area contributed by atoms with E-state index in [4.69, 9.17) is 36.2 Å². The number of carboxylic acid groups (broad SMARTS) is 2. The van der Waals surface area contributed by atoms with Crippen LogP contribution in [0.2, 0.25) is 5.15 Å². The first-order chi connectivity index (χ1) is 21.9. The van der Waals surface area contributed by atoms with Crippen LogP contribution in [0, 0.1) is 5.82 Å². The number of aliphatic carboxylic acids is 1. The Labute approximate surface area is 262 Å². The quantitative estimate of drug-likeness (QED) is 0.213. The fourth-order valence-corrected chi connectivity index (χ4v) is 5.69. The maximum absolute atomic E-state index is 14.9. The molecule has 46 heavy (non-hydrogen) atoms. The number of hydrogen-bond donors (Lipinski definition) is 2. The predicted molar refractivity (Wildman–Crippen MR) is 159 cm³/mol. The van der Waals surface area contributed by atoms with Crippen LogP contribution in [0.1, 0.15) is 40.0 Å². The number of aromatic carboxylic acids is 1. The lowest BCUT2D eigenvalue weighted by Gasteiger charge is -2.28. The van der Waals surface area contributed by atoms with E-state index in [0.29, 0.717) is 43.2 Å². The van der Waals surface area contributed by atoms with Gasteiger partial charge >= 0.3 is 18.1 Å². The van der Waals surface area contributed by atoms with E-state index in [2.05, 4.69) is 22.1 Å². The highest BCUT2D eigenvalue weighted by molar-refractivity contribution is 6.29. The summed E-state index contributed by atoms with van der Waals surface area (Å²) in [4.78, 5) is 32.5. The number of ether oxygens (including phenoxy) is 1. The second kappa shape index (κ2) is 12.2. The van der Waals surface area contributed by atoms with E-state index in [1.807, 2.05) is 24.3 Å². The molecule has 1 aliphatic carbocycles. The van der Waals surface area contributed by atoms with E-state index >= 15 is 0 Å². The molecule has 0 radical (unpaired) electrons. The number of aromatic nitrogens is 4. The summed E-state index contributed by atoms with van der Waals surface area (Å²) in [6.45, 7) is 2.55. The molecule has 15 heteroatoms. The van der Waals surface area contributed by atoms with Crippen molar-refractivity contribution in [2.75, 3.05) is 31.2 Å². The van der Waals surface area contributed by atoms with Gasteiger partial charge in [0.15, 0.2) is 10.8 Å². The SMILES string of the molecule is O=C(O)C(F)(F)F.O=C(O)c1ccc(-c2c(C3CC3c3ccc4ccccc4n3)nc3c(N4CCOCC4)cc(Cl)nn23)cc1F. The van der Waals surface area contributed by atoms with Crippen molar-refractivity contribution in [2.45, 2.75) is 24.4 Å². The number of imidazole rings is 1. The summed E-state index contributed by atoms with van der Waals surface area (Å²) in [5, 5.41) is 22.4. The fraction of sp³-hybridized carbons (Fsp3) is 0.258. The molecule has 7 rings (SSSR count). The highest BCUT2D eigenvalue weighted by atomic mass is 35.5. The van der Waals surface area contributed by atoms with Gasteiger partial charge in [0.05, 0.1) is 41.4 Å². The summed E-state index contributed by atoms with van der Waals surface area (Å²) in [6.07, 6.45) is -4.25. The van der Waals surface area contributed by atoms with Gasteiger partial charge in [-0.2, -0.15) is 18.3 Å². The molecule has 1 aliphatic heterocycles. The number of fused-ring (bicyclic) bond motifs is 2. The maximum Gasteiger partial charge on any atom is 0.490 e. The standard InChI is InChI=1S/C29H23ClFN5O3.C2HF3O2/c30-25-15-24(35-9-11-39-12-10-35)28-33-26(20-14-19(20)23-8-6-16-3-1-2-4-22(16)32-23)27(36(28)34-25)17-5-7-18(29(37)38)21(31)13-17;3-2(4,5)1(6)7/h1-8,13,15,19-20H,9-12,14H2,(H,37,38);(H,6,7). The van der Waals surface area contributed by atoms with E-state index < -0.39 is 29.5 Å². The molecule has 4 heterocycles. The van der Waals surface area contributed by atoms with Gasteiger partial charge in [-0.3, -0.25) is 4.98 Å². The van der Waals surface area contributed by atoms with Gasteiger partial charge < -0.3 is 19.8 Å². The van der Waals surface area contributed by atoms with Crippen molar-refractivity contribution in [1.29, 1.82) is 0 Å². The lowest BCUT2D eigenvalue weighted by Crippen LogP contribution is -2.36. The number of rotatable bonds is 5. The van der Waals surface area contributed by atoms with Gasteiger partial charge in [-0.25, -0.2) is 23.5 Å². The number of nitrogens with zero attached hydrogens (tertiary/aromatic N) is 5. The Morgan fingerprint density at radius 3 is 2.35 bits per heavy atom. The van der Waals surface area contributed by atoms with Crippen LogP contribution < -0.4 is 4.90 Å². The molecule has 2 aromatic carbocycles. The van der Waals surface area contributed by atoms with Crippen LogP contribution in [-0.2, 0) is 9.53 Å². The van der Waals surface area contributed by atoms with Gasteiger partial charge in [-0.05, 0) is 30.7 Å². The number of halogens is 5. The van der Waals surface area contributed by atoms with Crippen molar-refractivity contribution in [3.8, 4) is 11.3 Å². The number of alkyl halides is 3. The number of morpholine rings is 1. The van der Waals surface area contributed by atoms with Gasteiger partial charge in [-0.1, -0.05) is 41.9 Å². The highest BCUT2D eigenvalue weighted by Gasteiger charge is 2.45. The Morgan fingerprint density at radius 2 is 1.67 bits per heavy atom. The summed E-state index contributed by atoms with van der Waals surface area (Å²) < 4.78 is 53.8. The first kappa shape index (κ1) is 31.2. The molecule has 1 saturated heterocycles. The van der Waals surface area contributed by atoms with Crippen LogP contribution in [-0.4, -0.2) is 74.2 Å². The first-order valence-electron chi connectivity index (χ1n) is 14.0. The fourth-order valence-electron chi connectivity index (χ4n) is 5.51. The van der Waals surface area contributed by atoms with E-state index in [-0.39, 0.29) is 17.0 Å². The molecular formula is C31H24ClF4N5O5. The third-order valence-electron chi connectivity index (χ3n) is 7.77. The molecule has 0 spiro atoms. The molecule has 238 valence electrons. The Morgan fingerprint density at radius 1 is 0.957 bits per heavy atom. The molecule has 0 bridgehead atoms. The topological polar surface area (TPSA) is 130 Å². The average Bonchev–Trinajstić information content (AvgIpc) is 3.73. The first-order valence-corrected chi connectivity index (χ1v) is 14.4. The molecule has 2 N–H and O–H groups in total. The van der Waals surface area contributed by atoms with E-state index in [1.165, 1.54) is 12.1 Å². The van der Waals surface area contributed by atoms with Crippen LogP contribution in [0.4, 0.5) is 23.2 Å². The molecular weight excluding hydrogens is 634 g/mol. The number of hydrogen-bond acceptors (Lipinski definition) is 7. The monoisotopic (exact) mass is 657 g/mol. The minimum atomic E-state index is -5.08. The number of pyridine rings is 1. The lowest BCUT2D eigenvalue weighted by molar-refractivity contribution is -0.192. The Kier molecular flexibility index (Phi) is 8.25. The van der Waals surface area contributed by atoms with Crippen molar-refractivity contribution < 1.29 is 42.1 Å². The third kappa shape index (κ3) is 6.17. The minimum Gasteiger partial charge on any atom is -0.478 e. The van der Waals surface area contributed by atoms with Crippen molar-refractivity contribution in [2.24, 2.45) is 0 Å². The summed E-state index contributed by atoms with van der Waals surface area (Å²) in [5.74, 6) is -4.72. The molecule has 2 fully saturated rings. The van der Waals surface area contributed by atoms with Crippen LogP contribution in [0.15, 0.2) is 60.7 Å². The van der Waals surface area contributed by atoms with Crippen LogP contribution >= 0.6 is 11.6 Å². The van der Waals surface area contributed by atoms with Gasteiger partial charge in [0.1, 0.15) is 5.82 Å². The summed E-state index contributed by atoms with van der Waals surface area (Å²) in [5.41, 5.74) is 4.82. The number of anilines is 1. The van der Waals surface area contributed by atoms with Gasteiger partial charge in [0.2, 0.25) is 0 Å². The summed E-state index contributed by atoms with van der Waals surface area (Å²) in [7, 11) is 0. The molecule has 5 aromatic rings. The number of carbonyl (C=O) groups is 2. The van der Waals surface area contributed by atoms with E-state index in [0.717, 1.165) is 34.4 Å². The zero-order chi connectivity index (χ0) is 32.7. The average molecular weight is 658 g/mol. The molecule has 2 atom stereocenters. The number of carboxylic acids is 2. The van der Waals surface area contributed by atoms with Crippen molar-refractivity contribution in [3.05, 3.63) is 88.6 Å².